The van der Waals surface area contributed by atoms with E-state index in [2.05, 4.69) is 0 Å². The maximum absolute atomic E-state index is 11.7. The topological polar surface area (TPSA) is 43.4 Å². The molecule has 0 aliphatic carbocycles. The van der Waals surface area contributed by atoms with Gasteiger partial charge in [-0.1, -0.05) is 18.2 Å². The van der Waals surface area contributed by atoms with E-state index >= 15 is 0 Å². The monoisotopic (exact) mass is 198 g/mol. The lowest BCUT2D eigenvalue weighted by atomic mass is 10.4. The summed E-state index contributed by atoms with van der Waals surface area (Å²) < 4.78 is 28.3. The zero-order valence-electron chi connectivity index (χ0n) is 7.01. The van der Waals surface area contributed by atoms with Crippen molar-refractivity contribution in [3.05, 3.63) is 30.3 Å². The number of ether oxygens (including phenoxy) is 1. The van der Waals surface area contributed by atoms with E-state index in [1.165, 1.54) is 0 Å². The second-order valence-electron chi connectivity index (χ2n) is 2.95. The van der Waals surface area contributed by atoms with Crippen molar-refractivity contribution < 1.29 is 13.2 Å². The fraction of sp³-hybridized carbons (Fsp3) is 0.333. The summed E-state index contributed by atoms with van der Waals surface area (Å²) in [5.41, 5.74) is -0.616. The SMILES string of the molecule is O=S(=O)(c1ccccc1)[C@@H]1CCO1. The third-order valence-electron chi connectivity index (χ3n) is 2.08. The highest BCUT2D eigenvalue weighted by Gasteiger charge is 2.33. The van der Waals surface area contributed by atoms with Gasteiger partial charge in [0.2, 0.25) is 9.84 Å². The number of rotatable bonds is 2. The predicted molar refractivity (Wildman–Crippen MR) is 48.0 cm³/mol. The molecule has 70 valence electrons. The number of hydrogen-bond donors (Lipinski definition) is 0. The number of sulfone groups is 1. The molecule has 1 aromatic rings. The molecule has 1 aliphatic rings. The first-order valence-electron chi connectivity index (χ1n) is 4.12. The molecule has 4 heteroatoms. The molecular weight excluding hydrogens is 188 g/mol. The van der Waals surface area contributed by atoms with E-state index in [-0.39, 0.29) is 0 Å². The zero-order chi connectivity index (χ0) is 9.31. The molecule has 0 saturated carbocycles. The van der Waals surface area contributed by atoms with Crippen molar-refractivity contribution >= 4 is 9.84 Å². The lowest BCUT2D eigenvalue weighted by Crippen LogP contribution is -2.34. The van der Waals surface area contributed by atoms with Crippen LogP contribution in [-0.4, -0.2) is 20.5 Å². The van der Waals surface area contributed by atoms with Crippen molar-refractivity contribution in [2.24, 2.45) is 0 Å². The Balaban J connectivity index is 2.35. The summed E-state index contributed by atoms with van der Waals surface area (Å²) in [4.78, 5) is 0.347. The Morgan fingerprint density at radius 3 is 2.31 bits per heavy atom. The van der Waals surface area contributed by atoms with E-state index in [0.717, 1.165) is 0 Å². The molecule has 1 heterocycles. The van der Waals surface area contributed by atoms with Gasteiger partial charge in [-0.3, -0.25) is 0 Å². The molecule has 0 spiro atoms. The Morgan fingerprint density at radius 1 is 1.23 bits per heavy atom. The van der Waals surface area contributed by atoms with E-state index in [1.54, 1.807) is 30.3 Å². The first-order valence-corrected chi connectivity index (χ1v) is 5.66. The van der Waals surface area contributed by atoms with E-state index < -0.39 is 15.3 Å². The molecule has 0 amide bonds. The van der Waals surface area contributed by atoms with Gasteiger partial charge in [0.25, 0.3) is 0 Å². The Bertz CT molecular complexity index is 379. The molecule has 1 aliphatic heterocycles. The van der Waals surface area contributed by atoms with Gasteiger partial charge >= 0.3 is 0 Å². The molecule has 0 aromatic heterocycles. The Labute approximate surface area is 77.3 Å². The van der Waals surface area contributed by atoms with E-state index in [4.69, 9.17) is 4.74 Å². The van der Waals surface area contributed by atoms with E-state index in [1.807, 2.05) is 0 Å². The van der Waals surface area contributed by atoms with Crippen molar-refractivity contribution in [1.82, 2.24) is 0 Å². The van der Waals surface area contributed by atoms with Gasteiger partial charge in [-0.05, 0) is 12.1 Å². The van der Waals surface area contributed by atoms with Crippen molar-refractivity contribution in [2.75, 3.05) is 6.61 Å². The number of hydrogen-bond acceptors (Lipinski definition) is 3. The molecule has 2 rings (SSSR count). The molecule has 1 atom stereocenters. The van der Waals surface area contributed by atoms with Crippen molar-refractivity contribution in [2.45, 2.75) is 16.8 Å². The Morgan fingerprint density at radius 2 is 1.85 bits per heavy atom. The first-order chi connectivity index (χ1) is 6.21. The first kappa shape index (κ1) is 8.72. The van der Waals surface area contributed by atoms with Gasteiger partial charge in [0.15, 0.2) is 5.44 Å². The Hall–Kier alpha value is -0.870. The fourth-order valence-corrected chi connectivity index (χ4v) is 2.74. The van der Waals surface area contributed by atoms with Gasteiger partial charge in [0.05, 0.1) is 11.5 Å². The van der Waals surface area contributed by atoms with Crippen LogP contribution in [0.3, 0.4) is 0 Å². The van der Waals surface area contributed by atoms with Crippen LogP contribution in [0.15, 0.2) is 35.2 Å². The molecule has 1 fully saturated rings. The molecule has 3 nitrogen and oxygen atoms in total. The van der Waals surface area contributed by atoms with Crippen LogP contribution < -0.4 is 0 Å². The smallest absolute Gasteiger partial charge is 0.205 e. The second-order valence-corrected chi connectivity index (χ2v) is 5.03. The minimum Gasteiger partial charge on any atom is -0.362 e. The summed E-state index contributed by atoms with van der Waals surface area (Å²) in [6.07, 6.45) is 0.608. The summed E-state index contributed by atoms with van der Waals surface area (Å²) in [6.45, 7) is 0.552. The van der Waals surface area contributed by atoms with Gasteiger partial charge < -0.3 is 4.74 Å². The predicted octanol–water partition coefficient (Wildman–Crippen LogP) is 1.21. The molecule has 13 heavy (non-hydrogen) atoms. The standard InChI is InChI=1S/C9H10O3S/c10-13(11,9-6-7-12-9)8-4-2-1-3-5-8/h1-5,9H,6-7H2/t9-/m1/s1. The molecule has 0 unspecified atom stereocenters. The van der Waals surface area contributed by atoms with E-state index in [9.17, 15) is 8.42 Å². The van der Waals surface area contributed by atoms with Crippen LogP contribution in [0.25, 0.3) is 0 Å². The normalized spacial score (nSPS) is 22.3. The van der Waals surface area contributed by atoms with Crippen LogP contribution >= 0.6 is 0 Å². The number of benzene rings is 1. The summed E-state index contributed by atoms with van der Waals surface area (Å²) in [7, 11) is -3.22. The van der Waals surface area contributed by atoms with Crippen LogP contribution in [0.4, 0.5) is 0 Å². The molecular formula is C9H10O3S. The minimum absolute atomic E-state index is 0.347. The van der Waals surface area contributed by atoms with Gasteiger partial charge in [0, 0.05) is 6.42 Å². The summed E-state index contributed by atoms with van der Waals surface area (Å²) in [6, 6.07) is 8.41. The molecule has 1 saturated heterocycles. The van der Waals surface area contributed by atoms with Gasteiger partial charge in [0.1, 0.15) is 0 Å². The summed E-state index contributed by atoms with van der Waals surface area (Å²) in [5, 5.41) is 0. The highest BCUT2D eigenvalue weighted by molar-refractivity contribution is 7.92. The largest absolute Gasteiger partial charge is 0.362 e. The second kappa shape index (κ2) is 3.12. The van der Waals surface area contributed by atoms with E-state index in [0.29, 0.717) is 17.9 Å². The summed E-state index contributed by atoms with van der Waals surface area (Å²) >= 11 is 0. The van der Waals surface area contributed by atoms with Crippen LogP contribution in [0, 0.1) is 0 Å². The molecule has 1 aromatic carbocycles. The molecule has 0 radical (unpaired) electrons. The third kappa shape index (κ3) is 1.47. The van der Waals surface area contributed by atoms with Crippen LogP contribution in [0.5, 0.6) is 0 Å². The fourth-order valence-electron chi connectivity index (χ4n) is 1.22. The third-order valence-corrected chi connectivity index (χ3v) is 4.07. The van der Waals surface area contributed by atoms with Crippen molar-refractivity contribution in [3.63, 3.8) is 0 Å². The lowest BCUT2D eigenvalue weighted by Gasteiger charge is -2.25. The lowest BCUT2D eigenvalue weighted by molar-refractivity contribution is 0.00316. The van der Waals surface area contributed by atoms with Crippen molar-refractivity contribution in [1.29, 1.82) is 0 Å². The highest BCUT2D eigenvalue weighted by Crippen LogP contribution is 2.24. The summed E-state index contributed by atoms with van der Waals surface area (Å²) in [5.74, 6) is 0. The zero-order valence-corrected chi connectivity index (χ0v) is 7.83. The van der Waals surface area contributed by atoms with Gasteiger partial charge in [-0.15, -0.1) is 0 Å². The van der Waals surface area contributed by atoms with Crippen LogP contribution in [0.1, 0.15) is 6.42 Å². The minimum atomic E-state index is -3.22. The maximum atomic E-state index is 11.7. The molecule has 0 N–H and O–H groups in total. The average Bonchev–Trinajstić information content (AvgIpc) is 2.02. The van der Waals surface area contributed by atoms with Crippen molar-refractivity contribution in [3.8, 4) is 0 Å². The maximum Gasteiger partial charge on any atom is 0.205 e. The van der Waals surface area contributed by atoms with Crippen LogP contribution in [-0.2, 0) is 14.6 Å². The highest BCUT2D eigenvalue weighted by atomic mass is 32.2. The van der Waals surface area contributed by atoms with Crippen LogP contribution in [0.2, 0.25) is 0 Å². The van der Waals surface area contributed by atoms with Gasteiger partial charge in [-0.2, -0.15) is 0 Å². The quantitative estimate of drug-likeness (QED) is 0.717. The average molecular weight is 198 g/mol. The molecule has 0 bridgehead atoms. The Kier molecular flexibility index (Phi) is 2.09. The van der Waals surface area contributed by atoms with Gasteiger partial charge in [-0.25, -0.2) is 8.42 Å².